The number of benzene rings is 2. The zero-order valence-electron chi connectivity index (χ0n) is 17.5. The third-order valence-corrected chi connectivity index (χ3v) is 5.55. The van der Waals surface area contributed by atoms with Gasteiger partial charge in [-0.25, -0.2) is 0 Å². The first-order chi connectivity index (χ1) is 15.7. The molecular formula is C22H18ClN2O7S-. The minimum Gasteiger partial charge on any atom is -0.546 e. The van der Waals surface area contributed by atoms with Crippen molar-refractivity contribution in [2.24, 2.45) is 0 Å². The molecule has 0 aromatic heterocycles. The summed E-state index contributed by atoms with van der Waals surface area (Å²) in [7, 11) is 1.34. The van der Waals surface area contributed by atoms with Crippen molar-refractivity contribution < 1.29 is 33.8 Å². The van der Waals surface area contributed by atoms with Crippen LogP contribution >= 0.6 is 23.4 Å². The molecule has 0 bridgehead atoms. The first-order valence-electron chi connectivity index (χ1n) is 9.50. The molecule has 0 saturated carbocycles. The van der Waals surface area contributed by atoms with Crippen molar-refractivity contribution in [3.05, 3.63) is 57.5 Å². The number of methoxy groups -OCH3 is 1. The SMILES string of the molecule is COc1cc(/C=C2\SC(=O)N(CC(=O)Nc3cccc(C)c3)C2=O)cc(Cl)c1OCC(=O)[O-]. The van der Waals surface area contributed by atoms with Gasteiger partial charge in [-0.2, -0.15) is 0 Å². The largest absolute Gasteiger partial charge is 0.546 e. The average Bonchev–Trinajstić information content (AvgIpc) is 2.99. The highest BCUT2D eigenvalue weighted by molar-refractivity contribution is 8.18. The van der Waals surface area contributed by atoms with E-state index in [2.05, 4.69) is 5.32 Å². The van der Waals surface area contributed by atoms with E-state index in [1.165, 1.54) is 25.3 Å². The number of anilines is 1. The third kappa shape index (κ3) is 6.05. The van der Waals surface area contributed by atoms with E-state index in [0.29, 0.717) is 23.0 Å². The zero-order valence-corrected chi connectivity index (χ0v) is 19.1. The Kier molecular flexibility index (Phi) is 7.62. The number of carbonyl (C=O) groups is 4. The van der Waals surface area contributed by atoms with E-state index in [9.17, 15) is 24.3 Å². The van der Waals surface area contributed by atoms with Crippen LogP contribution in [0, 0.1) is 6.92 Å². The second-order valence-corrected chi connectivity index (χ2v) is 8.28. The van der Waals surface area contributed by atoms with Crippen LogP contribution in [0.3, 0.4) is 0 Å². The molecule has 3 amide bonds. The molecule has 1 N–H and O–H groups in total. The number of nitrogens with one attached hydrogen (secondary N) is 1. The molecule has 0 aliphatic carbocycles. The Morgan fingerprint density at radius 2 is 2.00 bits per heavy atom. The molecule has 11 heteroatoms. The number of nitrogens with zero attached hydrogens (tertiary/aromatic N) is 1. The number of aryl methyl sites for hydroxylation is 1. The second-order valence-electron chi connectivity index (χ2n) is 6.88. The molecule has 0 spiro atoms. The summed E-state index contributed by atoms with van der Waals surface area (Å²) in [5.41, 5.74) is 1.92. The smallest absolute Gasteiger partial charge is 0.294 e. The lowest BCUT2D eigenvalue weighted by molar-refractivity contribution is -0.307. The van der Waals surface area contributed by atoms with Crippen LogP contribution in [0.2, 0.25) is 5.02 Å². The Balaban J connectivity index is 1.75. The lowest BCUT2D eigenvalue weighted by atomic mass is 10.1. The number of rotatable bonds is 8. The topological polar surface area (TPSA) is 125 Å². The number of hydrogen-bond donors (Lipinski definition) is 1. The molecule has 3 rings (SSSR count). The van der Waals surface area contributed by atoms with Crippen LogP contribution in [-0.2, 0) is 14.4 Å². The molecule has 9 nitrogen and oxygen atoms in total. The normalized spacial score (nSPS) is 14.5. The summed E-state index contributed by atoms with van der Waals surface area (Å²) >= 11 is 6.85. The predicted molar refractivity (Wildman–Crippen MR) is 121 cm³/mol. The number of amides is 3. The number of carbonyl (C=O) groups excluding carboxylic acids is 4. The lowest BCUT2D eigenvalue weighted by Gasteiger charge is -2.14. The molecule has 1 aliphatic heterocycles. The predicted octanol–water partition coefficient (Wildman–Crippen LogP) is 2.46. The van der Waals surface area contributed by atoms with Gasteiger partial charge in [0.1, 0.15) is 13.2 Å². The van der Waals surface area contributed by atoms with Crippen LogP contribution in [0.1, 0.15) is 11.1 Å². The van der Waals surface area contributed by atoms with Crippen molar-refractivity contribution in [1.82, 2.24) is 4.90 Å². The maximum atomic E-state index is 12.7. The number of aliphatic carboxylic acids is 1. The minimum absolute atomic E-state index is 0.00133. The van der Waals surface area contributed by atoms with Crippen molar-refractivity contribution in [3.63, 3.8) is 0 Å². The highest BCUT2D eigenvalue weighted by Gasteiger charge is 2.36. The van der Waals surface area contributed by atoms with E-state index < -0.39 is 36.2 Å². The molecule has 1 fully saturated rings. The molecule has 1 aliphatic rings. The van der Waals surface area contributed by atoms with Crippen LogP contribution in [-0.4, -0.2) is 48.2 Å². The monoisotopic (exact) mass is 489 g/mol. The zero-order chi connectivity index (χ0) is 24.1. The van der Waals surface area contributed by atoms with E-state index >= 15 is 0 Å². The van der Waals surface area contributed by atoms with E-state index in [4.69, 9.17) is 21.1 Å². The molecule has 0 radical (unpaired) electrons. The van der Waals surface area contributed by atoms with Gasteiger partial charge in [0.2, 0.25) is 5.91 Å². The number of carboxylic acid groups (broad SMARTS) is 1. The summed E-state index contributed by atoms with van der Waals surface area (Å²) < 4.78 is 10.3. The molecule has 172 valence electrons. The molecule has 33 heavy (non-hydrogen) atoms. The van der Waals surface area contributed by atoms with Gasteiger partial charge in [-0.15, -0.1) is 0 Å². The van der Waals surface area contributed by atoms with Crippen molar-refractivity contribution >= 4 is 58.1 Å². The Bertz CT molecular complexity index is 1170. The van der Waals surface area contributed by atoms with Gasteiger partial charge in [0.05, 0.1) is 23.0 Å². The van der Waals surface area contributed by atoms with E-state index in [1.54, 1.807) is 18.2 Å². The van der Waals surface area contributed by atoms with Gasteiger partial charge in [0, 0.05) is 5.69 Å². The Labute approximate surface area is 198 Å². The first-order valence-corrected chi connectivity index (χ1v) is 10.7. The van der Waals surface area contributed by atoms with E-state index in [0.717, 1.165) is 10.5 Å². The third-order valence-electron chi connectivity index (χ3n) is 4.36. The molecule has 2 aromatic carbocycles. The number of ether oxygens (including phenoxy) is 2. The summed E-state index contributed by atoms with van der Waals surface area (Å²) in [6.45, 7) is 0.717. The second kappa shape index (κ2) is 10.4. The number of imide groups is 1. The van der Waals surface area contributed by atoms with Crippen molar-refractivity contribution in [2.45, 2.75) is 6.92 Å². The number of thioether (sulfide) groups is 1. The van der Waals surface area contributed by atoms with Crippen molar-refractivity contribution in [2.75, 3.05) is 25.6 Å². The van der Waals surface area contributed by atoms with Gasteiger partial charge in [-0.1, -0.05) is 23.7 Å². The van der Waals surface area contributed by atoms with Gasteiger partial charge in [0.15, 0.2) is 11.5 Å². The molecule has 1 heterocycles. The Morgan fingerprint density at radius 1 is 1.24 bits per heavy atom. The Morgan fingerprint density at radius 3 is 2.67 bits per heavy atom. The van der Waals surface area contributed by atoms with Crippen LogP contribution in [0.15, 0.2) is 41.3 Å². The first kappa shape index (κ1) is 24.1. The van der Waals surface area contributed by atoms with Crippen molar-refractivity contribution in [1.29, 1.82) is 0 Å². The van der Waals surface area contributed by atoms with Crippen LogP contribution in [0.25, 0.3) is 6.08 Å². The molecule has 0 atom stereocenters. The average molecular weight is 490 g/mol. The van der Waals surface area contributed by atoms with Gasteiger partial charge < -0.3 is 24.7 Å². The Hall–Kier alpha value is -3.50. The summed E-state index contributed by atoms with van der Waals surface area (Å²) in [6, 6.07) is 10.0. The van der Waals surface area contributed by atoms with E-state index in [1.807, 2.05) is 13.0 Å². The molecule has 1 saturated heterocycles. The summed E-state index contributed by atoms with van der Waals surface area (Å²) in [4.78, 5) is 49.0. The highest BCUT2D eigenvalue weighted by Crippen LogP contribution is 2.39. The summed E-state index contributed by atoms with van der Waals surface area (Å²) in [6.07, 6.45) is 1.42. The van der Waals surface area contributed by atoms with Gasteiger partial charge in [-0.05, 0) is 60.2 Å². The number of halogens is 1. The van der Waals surface area contributed by atoms with Crippen molar-refractivity contribution in [3.8, 4) is 11.5 Å². The number of carboxylic acids is 1. The molecule has 0 unspecified atom stereocenters. The maximum absolute atomic E-state index is 12.7. The van der Waals surface area contributed by atoms with E-state index in [-0.39, 0.29) is 21.4 Å². The molecular weight excluding hydrogens is 472 g/mol. The summed E-state index contributed by atoms with van der Waals surface area (Å²) in [5, 5.41) is 12.7. The summed E-state index contributed by atoms with van der Waals surface area (Å²) in [5.74, 6) is -2.44. The fourth-order valence-corrected chi connectivity index (χ4v) is 4.06. The van der Waals surface area contributed by atoms with Gasteiger partial charge >= 0.3 is 0 Å². The fraction of sp³-hybridized carbons (Fsp3) is 0.182. The fourth-order valence-electron chi connectivity index (χ4n) is 2.95. The van der Waals surface area contributed by atoms with Crippen LogP contribution < -0.4 is 19.9 Å². The van der Waals surface area contributed by atoms with Crippen LogP contribution in [0.4, 0.5) is 10.5 Å². The number of hydrogen-bond acceptors (Lipinski definition) is 8. The van der Waals surface area contributed by atoms with Gasteiger partial charge in [-0.3, -0.25) is 19.3 Å². The quantitative estimate of drug-likeness (QED) is 0.560. The van der Waals surface area contributed by atoms with Gasteiger partial charge in [0.25, 0.3) is 11.1 Å². The maximum Gasteiger partial charge on any atom is 0.294 e. The lowest BCUT2D eigenvalue weighted by Crippen LogP contribution is -2.36. The highest BCUT2D eigenvalue weighted by atomic mass is 35.5. The minimum atomic E-state index is -1.43. The standard InChI is InChI=1S/C22H19ClN2O7S/c1-12-4-3-5-14(6-12)24-18(26)10-25-21(29)17(33-22(25)30)9-13-7-15(23)20(16(8-13)31-2)32-11-19(27)28/h3-9H,10-11H2,1-2H3,(H,24,26)(H,27,28)/p-1/b17-9-. The molecule has 2 aromatic rings. The van der Waals surface area contributed by atoms with Crippen LogP contribution in [0.5, 0.6) is 11.5 Å².